The summed E-state index contributed by atoms with van der Waals surface area (Å²) in [6.45, 7) is 3.25. The van der Waals surface area contributed by atoms with Crippen molar-refractivity contribution in [3.05, 3.63) is 92.9 Å². The Hall–Kier alpha value is -2.93. The number of hydrogen-bond donors (Lipinski definition) is 1. The van der Waals surface area contributed by atoms with Crippen LogP contribution in [0, 0.1) is 18.6 Å². The Kier molecular flexibility index (Phi) is 7.05. The van der Waals surface area contributed by atoms with Gasteiger partial charge in [0.1, 0.15) is 17.4 Å². The van der Waals surface area contributed by atoms with E-state index in [4.69, 9.17) is 4.74 Å². The molecule has 3 rings (SSSR count). The highest BCUT2D eigenvalue weighted by molar-refractivity contribution is 7.99. The van der Waals surface area contributed by atoms with Crippen LogP contribution >= 0.6 is 11.8 Å². The molecule has 30 heavy (non-hydrogen) atoms. The standard InChI is InChI=1S/C23H22F2N2O2S/c1-14(20-18(24)7-4-8-19(20)25)21-15(2)22(28)27-23(26-21)30-13-5-6-16-9-11-17(29-3)12-10-16/h4-12,14H,13H2,1-3H3,(H,26,27,28)/b6-5+. The van der Waals surface area contributed by atoms with E-state index in [1.54, 1.807) is 21.0 Å². The lowest BCUT2D eigenvalue weighted by molar-refractivity contribution is 0.415. The van der Waals surface area contributed by atoms with Crippen molar-refractivity contribution >= 4 is 17.8 Å². The zero-order chi connectivity index (χ0) is 21.7. The highest BCUT2D eigenvalue weighted by Gasteiger charge is 2.22. The molecule has 0 radical (unpaired) electrons. The van der Waals surface area contributed by atoms with Gasteiger partial charge in [-0.3, -0.25) is 4.79 Å². The van der Waals surface area contributed by atoms with Crippen LogP contribution in [-0.2, 0) is 0 Å². The second-order valence-corrected chi connectivity index (χ2v) is 7.73. The van der Waals surface area contributed by atoms with Crippen LogP contribution < -0.4 is 10.3 Å². The van der Waals surface area contributed by atoms with E-state index in [2.05, 4.69) is 9.97 Å². The van der Waals surface area contributed by atoms with Crippen LogP contribution in [0.25, 0.3) is 6.08 Å². The molecule has 0 fully saturated rings. The number of ether oxygens (including phenoxy) is 1. The first kappa shape index (κ1) is 21.8. The first-order valence-electron chi connectivity index (χ1n) is 9.38. The molecule has 3 aromatic rings. The molecule has 0 aliphatic heterocycles. The molecule has 0 spiro atoms. The van der Waals surface area contributed by atoms with Crippen molar-refractivity contribution in [2.75, 3.05) is 12.9 Å². The van der Waals surface area contributed by atoms with Crippen molar-refractivity contribution in [1.29, 1.82) is 0 Å². The van der Waals surface area contributed by atoms with Crippen molar-refractivity contribution in [3.8, 4) is 5.75 Å². The van der Waals surface area contributed by atoms with E-state index in [0.29, 0.717) is 22.2 Å². The highest BCUT2D eigenvalue weighted by Crippen LogP contribution is 2.29. The Balaban J connectivity index is 1.77. The molecule has 1 N–H and O–H groups in total. The largest absolute Gasteiger partial charge is 0.497 e. The maximum Gasteiger partial charge on any atom is 0.254 e. The normalized spacial score (nSPS) is 12.3. The van der Waals surface area contributed by atoms with Gasteiger partial charge in [0, 0.05) is 22.8 Å². The van der Waals surface area contributed by atoms with Crippen LogP contribution in [0.5, 0.6) is 5.75 Å². The third-order valence-corrected chi connectivity index (χ3v) is 5.58. The zero-order valence-corrected chi connectivity index (χ0v) is 17.7. The van der Waals surface area contributed by atoms with E-state index < -0.39 is 17.6 Å². The fourth-order valence-electron chi connectivity index (χ4n) is 3.11. The molecule has 0 aliphatic rings. The lowest BCUT2D eigenvalue weighted by Gasteiger charge is -2.16. The number of halogens is 2. The van der Waals surface area contributed by atoms with E-state index in [1.807, 2.05) is 36.4 Å². The summed E-state index contributed by atoms with van der Waals surface area (Å²) >= 11 is 1.34. The molecule has 7 heteroatoms. The molecule has 156 valence electrons. The smallest absolute Gasteiger partial charge is 0.254 e. The van der Waals surface area contributed by atoms with Crippen LogP contribution in [0.15, 0.2) is 58.5 Å². The Morgan fingerprint density at radius 3 is 2.47 bits per heavy atom. The average molecular weight is 429 g/mol. The maximum absolute atomic E-state index is 14.2. The van der Waals surface area contributed by atoms with E-state index in [9.17, 15) is 13.6 Å². The number of H-pyrrole nitrogens is 1. The summed E-state index contributed by atoms with van der Waals surface area (Å²) in [5, 5.41) is 0.406. The summed E-state index contributed by atoms with van der Waals surface area (Å²) in [6.07, 6.45) is 3.91. The molecular formula is C23H22F2N2O2S. The molecule has 1 heterocycles. The van der Waals surface area contributed by atoms with Crippen LogP contribution in [0.4, 0.5) is 8.78 Å². The Bertz CT molecular complexity index is 1090. The van der Waals surface area contributed by atoms with Gasteiger partial charge in [0.15, 0.2) is 5.16 Å². The topological polar surface area (TPSA) is 55.0 Å². The van der Waals surface area contributed by atoms with Gasteiger partial charge < -0.3 is 9.72 Å². The fraction of sp³-hybridized carbons (Fsp3) is 0.217. The minimum Gasteiger partial charge on any atom is -0.497 e. The van der Waals surface area contributed by atoms with Crippen LogP contribution in [0.3, 0.4) is 0 Å². The molecule has 4 nitrogen and oxygen atoms in total. The Morgan fingerprint density at radius 1 is 1.17 bits per heavy atom. The highest BCUT2D eigenvalue weighted by atomic mass is 32.2. The van der Waals surface area contributed by atoms with E-state index >= 15 is 0 Å². The van der Waals surface area contributed by atoms with Gasteiger partial charge in [-0.25, -0.2) is 13.8 Å². The minimum atomic E-state index is -0.692. The maximum atomic E-state index is 14.2. The lowest BCUT2D eigenvalue weighted by atomic mass is 9.94. The van der Waals surface area contributed by atoms with Gasteiger partial charge in [0.25, 0.3) is 5.56 Å². The van der Waals surface area contributed by atoms with Gasteiger partial charge in [-0.2, -0.15) is 0 Å². The fourth-order valence-corrected chi connectivity index (χ4v) is 3.78. The third kappa shape index (κ3) is 4.97. The van der Waals surface area contributed by atoms with Crippen LogP contribution in [0.2, 0.25) is 0 Å². The minimum absolute atomic E-state index is 0.0888. The molecule has 1 unspecified atom stereocenters. The molecular weight excluding hydrogens is 406 g/mol. The summed E-state index contributed by atoms with van der Waals surface area (Å²) in [5.41, 5.74) is 1.33. The van der Waals surface area contributed by atoms with Gasteiger partial charge >= 0.3 is 0 Å². The molecule has 0 amide bonds. The number of nitrogens with zero attached hydrogens (tertiary/aromatic N) is 1. The van der Waals surface area contributed by atoms with Crippen molar-refractivity contribution in [2.24, 2.45) is 0 Å². The van der Waals surface area contributed by atoms with Gasteiger partial charge in [-0.15, -0.1) is 0 Å². The molecule has 0 aliphatic carbocycles. The molecule has 1 atom stereocenters. The summed E-state index contributed by atoms with van der Waals surface area (Å²) < 4.78 is 33.5. The quantitative estimate of drug-likeness (QED) is 0.409. The van der Waals surface area contributed by atoms with Crippen LogP contribution in [0.1, 0.15) is 35.2 Å². The van der Waals surface area contributed by atoms with Crippen molar-refractivity contribution in [1.82, 2.24) is 9.97 Å². The third-order valence-electron chi connectivity index (χ3n) is 4.75. The first-order valence-corrected chi connectivity index (χ1v) is 10.4. The van der Waals surface area contributed by atoms with Crippen molar-refractivity contribution < 1.29 is 13.5 Å². The number of aromatic nitrogens is 2. The summed E-state index contributed by atoms with van der Waals surface area (Å²) in [6, 6.07) is 11.4. The predicted octanol–water partition coefficient (Wildman–Crippen LogP) is 5.32. The SMILES string of the molecule is COc1ccc(/C=C/CSc2nc(C(C)c3c(F)cccc3F)c(C)c(=O)[nH]2)cc1. The molecule has 2 aromatic carbocycles. The Labute approximate surface area is 178 Å². The number of thioether (sulfide) groups is 1. The van der Waals surface area contributed by atoms with E-state index in [1.165, 1.54) is 30.0 Å². The number of benzene rings is 2. The van der Waals surface area contributed by atoms with Crippen molar-refractivity contribution in [3.63, 3.8) is 0 Å². The summed E-state index contributed by atoms with van der Waals surface area (Å²) in [4.78, 5) is 19.6. The second kappa shape index (κ2) is 9.71. The monoisotopic (exact) mass is 428 g/mol. The number of hydrogen-bond acceptors (Lipinski definition) is 4. The van der Waals surface area contributed by atoms with Crippen molar-refractivity contribution in [2.45, 2.75) is 24.9 Å². The number of methoxy groups -OCH3 is 1. The summed E-state index contributed by atoms with van der Waals surface area (Å²) in [5.74, 6) is -0.639. The van der Waals surface area contributed by atoms with Crippen LogP contribution in [-0.4, -0.2) is 22.8 Å². The van der Waals surface area contributed by atoms with Gasteiger partial charge in [-0.05, 0) is 36.8 Å². The zero-order valence-electron chi connectivity index (χ0n) is 16.9. The predicted molar refractivity (Wildman–Crippen MR) is 116 cm³/mol. The Morgan fingerprint density at radius 2 is 1.83 bits per heavy atom. The van der Waals surface area contributed by atoms with Gasteiger partial charge in [-0.1, -0.05) is 49.0 Å². The number of nitrogens with one attached hydrogen (secondary N) is 1. The first-order chi connectivity index (χ1) is 14.4. The molecule has 0 saturated carbocycles. The van der Waals surface area contributed by atoms with Gasteiger partial charge in [0.05, 0.1) is 12.8 Å². The molecule has 0 saturated heterocycles. The second-order valence-electron chi connectivity index (χ2n) is 6.72. The lowest BCUT2D eigenvalue weighted by Crippen LogP contribution is -2.18. The summed E-state index contributed by atoms with van der Waals surface area (Å²) in [7, 11) is 1.62. The van der Waals surface area contributed by atoms with E-state index in [0.717, 1.165) is 11.3 Å². The average Bonchev–Trinajstić information content (AvgIpc) is 2.73. The number of rotatable bonds is 7. The molecule has 1 aromatic heterocycles. The molecule has 0 bridgehead atoms. The van der Waals surface area contributed by atoms with Gasteiger partial charge in [0.2, 0.25) is 0 Å². The number of aromatic amines is 1. The van der Waals surface area contributed by atoms with E-state index in [-0.39, 0.29) is 11.1 Å².